The van der Waals surface area contributed by atoms with E-state index in [1.165, 1.54) is 41.9 Å². The van der Waals surface area contributed by atoms with Gasteiger partial charge in [0.15, 0.2) is 6.54 Å². The van der Waals surface area contributed by atoms with Crippen molar-refractivity contribution in [3.8, 4) is 0 Å². The molecule has 0 aromatic heterocycles. The molecule has 2 amide bonds. The van der Waals surface area contributed by atoms with Crippen LogP contribution < -0.4 is 10.2 Å². The number of nitrogens with zero attached hydrogens (tertiary/aromatic N) is 1. The first-order valence-corrected chi connectivity index (χ1v) is 8.98. The van der Waals surface area contributed by atoms with Crippen molar-refractivity contribution in [3.63, 3.8) is 0 Å². The minimum atomic E-state index is -0.155. The van der Waals surface area contributed by atoms with Crippen LogP contribution in [0.5, 0.6) is 0 Å². The molecule has 2 rings (SSSR count). The maximum atomic E-state index is 12.4. The molecule has 1 heterocycles. The van der Waals surface area contributed by atoms with Crippen molar-refractivity contribution >= 4 is 17.5 Å². The predicted molar refractivity (Wildman–Crippen MR) is 96.1 cm³/mol. The van der Waals surface area contributed by atoms with Crippen molar-refractivity contribution in [2.24, 2.45) is 0 Å². The van der Waals surface area contributed by atoms with E-state index in [2.05, 4.69) is 5.32 Å². The van der Waals surface area contributed by atoms with Crippen molar-refractivity contribution in [1.82, 2.24) is 4.90 Å². The number of likely N-dealkylation sites (N-methyl/N-ethyl adjacent to an activating group) is 1. The van der Waals surface area contributed by atoms with Crippen molar-refractivity contribution in [3.05, 3.63) is 29.8 Å². The molecule has 24 heavy (non-hydrogen) atoms. The summed E-state index contributed by atoms with van der Waals surface area (Å²) >= 11 is 0. The third-order valence-corrected chi connectivity index (χ3v) is 4.60. The molecule has 1 saturated heterocycles. The Morgan fingerprint density at radius 3 is 2.25 bits per heavy atom. The van der Waals surface area contributed by atoms with E-state index in [1.807, 2.05) is 31.2 Å². The van der Waals surface area contributed by atoms with Gasteiger partial charge in [-0.3, -0.25) is 9.59 Å². The zero-order valence-corrected chi connectivity index (χ0v) is 14.9. The monoisotopic (exact) mass is 332 g/mol. The van der Waals surface area contributed by atoms with Crippen LogP contribution in [0, 0.1) is 6.92 Å². The molecular weight excluding hydrogens is 302 g/mol. The smallest absolute Gasteiger partial charge is 0.277 e. The summed E-state index contributed by atoms with van der Waals surface area (Å²) in [7, 11) is 1.71. The van der Waals surface area contributed by atoms with Crippen LogP contribution in [0.3, 0.4) is 0 Å². The number of carbonyl (C=O) groups is 2. The Morgan fingerprint density at radius 1 is 1.04 bits per heavy atom. The van der Waals surface area contributed by atoms with Gasteiger partial charge in [-0.2, -0.15) is 0 Å². The van der Waals surface area contributed by atoms with Crippen LogP contribution in [0.25, 0.3) is 0 Å². The van der Waals surface area contributed by atoms with Gasteiger partial charge in [-0.05, 0) is 44.7 Å². The molecule has 0 bridgehead atoms. The number of aryl methyl sites for hydroxylation is 1. The molecule has 0 aliphatic carbocycles. The fraction of sp³-hybridized carbons (Fsp3) is 0.579. The molecule has 1 fully saturated rings. The van der Waals surface area contributed by atoms with Crippen molar-refractivity contribution in [2.75, 3.05) is 38.5 Å². The van der Waals surface area contributed by atoms with E-state index < -0.39 is 0 Å². The number of likely N-dealkylation sites (tertiary alicyclic amines) is 1. The summed E-state index contributed by atoms with van der Waals surface area (Å²) in [6.07, 6.45) is 6.25. The molecule has 5 heteroatoms. The summed E-state index contributed by atoms with van der Waals surface area (Å²) in [5, 5.41) is 2.84. The van der Waals surface area contributed by atoms with E-state index in [0.717, 1.165) is 24.3 Å². The molecule has 0 saturated carbocycles. The van der Waals surface area contributed by atoms with E-state index in [0.29, 0.717) is 6.54 Å². The van der Waals surface area contributed by atoms with Gasteiger partial charge < -0.3 is 15.1 Å². The zero-order valence-electron chi connectivity index (χ0n) is 14.9. The summed E-state index contributed by atoms with van der Waals surface area (Å²) in [6, 6.07) is 7.66. The number of amides is 2. The number of quaternary nitrogens is 1. The van der Waals surface area contributed by atoms with Gasteiger partial charge in [-0.25, -0.2) is 0 Å². The Balaban J connectivity index is 1.77. The number of nitrogens with one attached hydrogen (secondary N) is 2. The van der Waals surface area contributed by atoms with Gasteiger partial charge in [0.1, 0.15) is 0 Å². The maximum Gasteiger partial charge on any atom is 0.277 e. The predicted octanol–water partition coefficient (Wildman–Crippen LogP) is 1.24. The van der Waals surface area contributed by atoms with Crippen LogP contribution >= 0.6 is 0 Å². The highest BCUT2D eigenvalue weighted by molar-refractivity contribution is 5.94. The number of carbonyl (C=O) groups excluding carboxylic acids is 2. The molecule has 5 nitrogen and oxygen atoms in total. The largest absolute Gasteiger partial charge is 0.332 e. The first-order chi connectivity index (χ1) is 11.5. The van der Waals surface area contributed by atoms with E-state index in [-0.39, 0.29) is 18.4 Å². The molecule has 2 N–H and O–H groups in total. The molecular formula is C19H30N3O2+. The average Bonchev–Trinajstić information content (AvgIpc) is 2.51. The topological polar surface area (TPSA) is 53.9 Å². The van der Waals surface area contributed by atoms with Gasteiger partial charge in [0, 0.05) is 12.7 Å². The standard InChI is InChI=1S/C19H29N3O2/c1-16-8-10-17(11-9-16)20-18(23)14-21(2)19(24)15-22-12-6-4-3-5-7-13-22/h8-11H,3-7,12-15H2,1-2H3,(H,20,23)/p+1. The molecule has 132 valence electrons. The number of rotatable bonds is 5. The van der Waals surface area contributed by atoms with Crippen molar-refractivity contribution < 1.29 is 14.5 Å². The quantitative estimate of drug-likeness (QED) is 0.852. The number of hydrogen-bond acceptors (Lipinski definition) is 2. The lowest BCUT2D eigenvalue weighted by atomic mass is 10.1. The highest BCUT2D eigenvalue weighted by Gasteiger charge is 2.20. The second-order valence-electron chi connectivity index (χ2n) is 6.86. The van der Waals surface area contributed by atoms with Crippen LogP contribution in [0.1, 0.15) is 37.7 Å². The lowest BCUT2D eigenvalue weighted by Crippen LogP contribution is -3.13. The number of anilines is 1. The number of benzene rings is 1. The summed E-state index contributed by atoms with van der Waals surface area (Å²) in [5.41, 5.74) is 1.91. The second kappa shape index (κ2) is 9.42. The molecule has 0 unspecified atom stereocenters. The third-order valence-electron chi connectivity index (χ3n) is 4.60. The van der Waals surface area contributed by atoms with E-state index >= 15 is 0 Å². The molecule has 0 atom stereocenters. The maximum absolute atomic E-state index is 12.4. The first-order valence-electron chi connectivity index (χ1n) is 8.98. The fourth-order valence-electron chi connectivity index (χ4n) is 3.07. The van der Waals surface area contributed by atoms with Gasteiger partial charge >= 0.3 is 0 Å². The van der Waals surface area contributed by atoms with E-state index in [4.69, 9.17) is 0 Å². The average molecular weight is 332 g/mol. The minimum Gasteiger partial charge on any atom is -0.332 e. The van der Waals surface area contributed by atoms with Crippen molar-refractivity contribution in [1.29, 1.82) is 0 Å². The van der Waals surface area contributed by atoms with Crippen LogP contribution in [-0.2, 0) is 9.59 Å². The van der Waals surface area contributed by atoms with Crippen LogP contribution in [0.15, 0.2) is 24.3 Å². The fourth-order valence-corrected chi connectivity index (χ4v) is 3.07. The van der Waals surface area contributed by atoms with Crippen LogP contribution in [0.4, 0.5) is 5.69 Å². The molecule has 1 aromatic carbocycles. The van der Waals surface area contributed by atoms with Gasteiger partial charge in [0.25, 0.3) is 5.91 Å². The molecule has 0 spiro atoms. The normalized spacial score (nSPS) is 16.1. The Kier molecular flexibility index (Phi) is 7.25. The Bertz CT molecular complexity index is 534. The second-order valence-corrected chi connectivity index (χ2v) is 6.86. The zero-order chi connectivity index (χ0) is 17.4. The summed E-state index contributed by atoms with van der Waals surface area (Å²) in [5.74, 6) is -0.109. The Labute approximate surface area is 145 Å². The molecule has 1 aliphatic rings. The summed E-state index contributed by atoms with van der Waals surface area (Å²) < 4.78 is 0. The Morgan fingerprint density at radius 2 is 1.62 bits per heavy atom. The third kappa shape index (κ3) is 6.32. The van der Waals surface area contributed by atoms with Gasteiger partial charge in [0.2, 0.25) is 5.91 Å². The summed E-state index contributed by atoms with van der Waals surface area (Å²) in [6.45, 7) is 4.73. The lowest BCUT2D eigenvalue weighted by molar-refractivity contribution is -0.893. The Hall–Kier alpha value is -1.88. The van der Waals surface area contributed by atoms with E-state index in [1.54, 1.807) is 7.05 Å². The first kappa shape index (κ1) is 18.5. The molecule has 1 aliphatic heterocycles. The van der Waals surface area contributed by atoms with Crippen LogP contribution in [-0.4, -0.2) is 49.9 Å². The number of hydrogen-bond donors (Lipinski definition) is 2. The minimum absolute atomic E-state index is 0.0460. The lowest BCUT2D eigenvalue weighted by Gasteiger charge is -2.24. The summed E-state index contributed by atoms with van der Waals surface area (Å²) in [4.78, 5) is 27.3. The van der Waals surface area contributed by atoms with Crippen LogP contribution in [0.2, 0.25) is 0 Å². The van der Waals surface area contributed by atoms with Gasteiger partial charge in [0.05, 0.1) is 19.6 Å². The van der Waals surface area contributed by atoms with E-state index in [9.17, 15) is 9.59 Å². The molecule has 0 radical (unpaired) electrons. The van der Waals surface area contributed by atoms with Crippen molar-refractivity contribution in [2.45, 2.75) is 39.0 Å². The highest BCUT2D eigenvalue weighted by atomic mass is 16.2. The van der Waals surface area contributed by atoms with Gasteiger partial charge in [-0.1, -0.05) is 24.1 Å². The SMILES string of the molecule is Cc1ccc(NC(=O)CN(C)C(=O)C[NH+]2CCCCCCC2)cc1. The highest BCUT2D eigenvalue weighted by Crippen LogP contribution is 2.08. The van der Waals surface area contributed by atoms with Gasteiger partial charge in [-0.15, -0.1) is 0 Å². The molecule has 1 aromatic rings.